The largest absolute Gasteiger partial charge is 0.382 e. The second kappa shape index (κ2) is 12.7. The lowest BCUT2D eigenvalue weighted by molar-refractivity contribution is -0.132. The quantitative estimate of drug-likeness (QED) is 0.365. The van der Waals surface area contributed by atoms with Crippen molar-refractivity contribution in [3.8, 4) is 0 Å². The topological polar surface area (TPSA) is 107 Å². The first-order valence-electron chi connectivity index (χ1n) is 12.2. The third kappa shape index (κ3) is 7.81. The highest BCUT2D eigenvalue weighted by Gasteiger charge is 2.31. The third-order valence-electron chi connectivity index (χ3n) is 6.26. The van der Waals surface area contributed by atoms with E-state index in [1.54, 1.807) is 12.1 Å². The highest BCUT2D eigenvalue weighted by molar-refractivity contribution is 7.91. The summed E-state index contributed by atoms with van der Waals surface area (Å²) in [5, 5.41) is 4.79. The van der Waals surface area contributed by atoms with Crippen molar-refractivity contribution in [2.75, 3.05) is 19.5 Å². The fraction of sp³-hybridized carbons (Fsp3) is 0.345. The van der Waals surface area contributed by atoms with Crippen molar-refractivity contribution in [2.24, 2.45) is 5.92 Å². The van der Waals surface area contributed by atoms with Crippen LogP contribution in [0.3, 0.4) is 0 Å². The SMILES string of the molecule is COC[C@H](NC(=O)[C@H](CC(C)=O)CS(=O)(=O)c1ccc(C)cc1)C(=O)CCc1cccc2ccccc12. The number of ketones is 2. The molecule has 0 heterocycles. The second-order valence-electron chi connectivity index (χ2n) is 9.32. The van der Waals surface area contributed by atoms with Gasteiger partial charge in [-0.15, -0.1) is 0 Å². The number of hydrogen-bond donors (Lipinski definition) is 1. The van der Waals surface area contributed by atoms with Crippen molar-refractivity contribution in [2.45, 2.75) is 44.0 Å². The monoisotopic (exact) mass is 523 g/mol. The number of rotatable bonds is 13. The summed E-state index contributed by atoms with van der Waals surface area (Å²) >= 11 is 0. The Balaban J connectivity index is 1.72. The van der Waals surface area contributed by atoms with Gasteiger partial charge in [0.15, 0.2) is 15.6 Å². The van der Waals surface area contributed by atoms with E-state index < -0.39 is 33.5 Å². The number of nitrogens with one attached hydrogen (secondary N) is 1. The van der Waals surface area contributed by atoms with Crippen molar-refractivity contribution < 1.29 is 27.5 Å². The molecule has 0 aromatic heterocycles. The molecule has 0 fully saturated rings. The number of fused-ring (bicyclic) bond motifs is 1. The van der Waals surface area contributed by atoms with E-state index in [4.69, 9.17) is 4.74 Å². The molecule has 0 aliphatic carbocycles. The molecule has 3 rings (SSSR count). The Morgan fingerprint density at radius 3 is 2.30 bits per heavy atom. The highest BCUT2D eigenvalue weighted by Crippen LogP contribution is 2.21. The maximum Gasteiger partial charge on any atom is 0.225 e. The first kappa shape index (κ1) is 28.2. The molecular formula is C29H33NO6S. The molecule has 0 spiro atoms. The van der Waals surface area contributed by atoms with Gasteiger partial charge >= 0.3 is 0 Å². The predicted octanol–water partition coefficient (Wildman–Crippen LogP) is 3.85. The van der Waals surface area contributed by atoms with Crippen LogP contribution in [0.5, 0.6) is 0 Å². The Morgan fingerprint density at radius 2 is 1.62 bits per heavy atom. The summed E-state index contributed by atoms with van der Waals surface area (Å²) in [6.45, 7) is 3.09. The summed E-state index contributed by atoms with van der Waals surface area (Å²) in [5.74, 6) is -2.87. The number of carbonyl (C=O) groups is 3. The van der Waals surface area contributed by atoms with Crippen LogP contribution in [0.25, 0.3) is 10.8 Å². The molecule has 196 valence electrons. The van der Waals surface area contributed by atoms with E-state index in [0.717, 1.165) is 21.9 Å². The van der Waals surface area contributed by atoms with Crippen LogP contribution in [-0.4, -0.2) is 51.4 Å². The molecule has 1 N–H and O–H groups in total. The van der Waals surface area contributed by atoms with Gasteiger partial charge in [0.1, 0.15) is 11.8 Å². The number of Topliss-reactive ketones (excluding diaryl/α,β-unsaturated/α-hetero) is 2. The van der Waals surface area contributed by atoms with Gasteiger partial charge in [0.05, 0.1) is 23.2 Å². The number of hydrogen-bond acceptors (Lipinski definition) is 6. The van der Waals surface area contributed by atoms with Gasteiger partial charge in [0.25, 0.3) is 0 Å². The van der Waals surface area contributed by atoms with Gasteiger partial charge < -0.3 is 14.8 Å². The average Bonchev–Trinajstić information content (AvgIpc) is 2.86. The Kier molecular flexibility index (Phi) is 9.72. The molecule has 0 radical (unpaired) electrons. The van der Waals surface area contributed by atoms with Crippen molar-refractivity contribution >= 4 is 38.1 Å². The summed E-state index contributed by atoms with van der Waals surface area (Å²) in [6.07, 6.45) is 0.400. The number of aryl methyl sites for hydroxylation is 2. The molecule has 0 bridgehead atoms. The normalized spacial score (nSPS) is 13.2. The lowest BCUT2D eigenvalue weighted by atomic mass is 9.98. The summed E-state index contributed by atoms with van der Waals surface area (Å²) in [7, 11) is -2.41. The highest BCUT2D eigenvalue weighted by atomic mass is 32.2. The standard InChI is InChI=1S/C29H33NO6S/c1-20-11-14-25(15-12-20)37(34,35)19-24(17-21(2)31)29(33)30-27(18-36-3)28(32)16-13-23-9-6-8-22-7-4-5-10-26(22)23/h4-12,14-15,24,27H,13,16-19H2,1-3H3,(H,30,33)/t24-,27+/m1/s1. The summed E-state index contributed by atoms with van der Waals surface area (Å²) in [5.41, 5.74) is 1.92. The van der Waals surface area contributed by atoms with Gasteiger partial charge in [-0.05, 0) is 48.7 Å². The Bertz CT molecular complexity index is 1360. The summed E-state index contributed by atoms with van der Waals surface area (Å²) in [4.78, 5) is 38.2. The molecular weight excluding hydrogens is 490 g/mol. The van der Waals surface area contributed by atoms with E-state index >= 15 is 0 Å². The van der Waals surface area contributed by atoms with Crippen LogP contribution in [0, 0.1) is 12.8 Å². The lowest BCUT2D eigenvalue weighted by Gasteiger charge is -2.21. The van der Waals surface area contributed by atoms with Gasteiger partial charge in [-0.25, -0.2) is 8.42 Å². The molecule has 0 aliphatic rings. The molecule has 37 heavy (non-hydrogen) atoms. The Morgan fingerprint density at radius 1 is 0.946 bits per heavy atom. The van der Waals surface area contributed by atoms with Crippen LogP contribution in [0.1, 0.15) is 30.9 Å². The number of benzene rings is 3. The minimum Gasteiger partial charge on any atom is -0.382 e. The van der Waals surface area contributed by atoms with Crippen molar-refractivity contribution in [3.05, 3.63) is 77.9 Å². The minimum atomic E-state index is -3.83. The number of ether oxygens (including phenoxy) is 1. The zero-order valence-corrected chi connectivity index (χ0v) is 22.2. The lowest BCUT2D eigenvalue weighted by Crippen LogP contribution is -2.47. The Hall–Kier alpha value is -3.36. The van der Waals surface area contributed by atoms with Crippen LogP contribution < -0.4 is 5.32 Å². The van der Waals surface area contributed by atoms with E-state index in [1.807, 2.05) is 49.4 Å². The molecule has 2 atom stereocenters. The maximum absolute atomic E-state index is 13.1. The molecule has 0 saturated heterocycles. The molecule has 7 nitrogen and oxygen atoms in total. The van der Waals surface area contributed by atoms with Crippen LogP contribution in [0.4, 0.5) is 0 Å². The molecule has 3 aromatic rings. The first-order chi connectivity index (χ1) is 17.6. The van der Waals surface area contributed by atoms with Gasteiger partial charge in [-0.1, -0.05) is 60.2 Å². The van der Waals surface area contributed by atoms with Crippen LogP contribution in [-0.2, 0) is 35.4 Å². The van der Waals surface area contributed by atoms with Crippen LogP contribution >= 0.6 is 0 Å². The number of sulfone groups is 1. The maximum atomic E-state index is 13.1. The smallest absolute Gasteiger partial charge is 0.225 e. The molecule has 0 aliphatic heterocycles. The number of carbonyl (C=O) groups excluding carboxylic acids is 3. The minimum absolute atomic E-state index is 0.0579. The first-order valence-corrected chi connectivity index (χ1v) is 13.8. The molecule has 8 heteroatoms. The van der Waals surface area contributed by atoms with E-state index in [-0.39, 0.29) is 35.9 Å². The molecule has 3 aromatic carbocycles. The third-order valence-corrected chi connectivity index (χ3v) is 8.10. The fourth-order valence-electron chi connectivity index (χ4n) is 4.29. The summed E-state index contributed by atoms with van der Waals surface area (Å²) < 4.78 is 31.1. The van der Waals surface area contributed by atoms with Gasteiger partial charge in [0.2, 0.25) is 5.91 Å². The molecule has 0 unspecified atom stereocenters. The van der Waals surface area contributed by atoms with Crippen molar-refractivity contribution in [1.29, 1.82) is 0 Å². The molecule has 0 saturated carbocycles. The van der Waals surface area contributed by atoms with Gasteiger partial charge in [0, 0.05) is 20.0 Å². The van der Waals surface area contributed by atoms with Crippen molar-refractivity contribution in [3.63, 3.8) is 0 Å². The van der Waals surface area contributed by atoms with Crippen molar-refractivity contribution in [1.82, 2.24) is 5.32 Å². The number of amides is 1. The number of methoxy groups -OCH3 is 1. The fourth-order valence-corrected chi connectivity index (χ4v) is 5.84. The Labute approximate surface area is 218 Å². The molecule has 1 amide bonds. The predicted molar refractivity (Wildman–Crippen MR) is 143 cm³/mol. The van der Waals surface area contributed by atoms with E-state index in [2.05, 4.69) is 5.32 Å². The summed E-state index contributed by atoms with van der Waals surface area (Å²) in [6, 6.07) is 19.2. The second-order valence-corrected chi connectivity index (χ2v) is 11.4. The zero-order valence-electron chi connectivity index (χ0n) is 21.4. The van der Waals surface area contributed by atoms with E-state index in [9.17, 15) is 22.8 Å². The van der Waals surface area contributed by atoms with E-state index in [1.165, 1.54) is 26.2 Å². The van der Waals surface area contributed by atoms with Crippen LogP contribution in [0.15, 0.2) is 71.6 Å². The van der Waals surface area contributed by atoms with Crippen LogP contribution in [0.2, 0.25) is 0 Å². The zero-order chi connectivity index (χ0) is 27.0. The van der Waals surface area contributed by atoms with Gasteiger partial charge in [-0.3, -0.25) is 9.59 Å². The average molecular weight is 524 g/mol. The van der Waals surface area contributed by atoms with E-state index in [0.29, 0.717) is 6.42 Å². The van der Waals surface area contributed by atoms with Gasteiger partial charge in [-0.2, -0.15) is 0 Å².